The Kier molecular flexibility index (Phi) is 7.33. The molecular weight excluding hydrogens is 466 g/mol. The van der Waals surface area contributed by atoms with Gasteiger partial charge in [0.05, 0.1) is 29.8 Å². The highest BCUT2D eigenvalue weighted by Crippen LogP contribution is 2.40. The molecule has 0 aliphatic carbocycles. The molecule has 0 aromatic heterocycles. The Labute approximate surface area is 190 Å². The molecule has 2 aromatic rings. The molecule has 1 aliphatic heterocycles. The molecule has 1 amide bonds. The van der Waals surface area contributed by atoms with Crippen molar-refractivity contribution in [3.05, 3.63) is 63.8 Å². The zero-order valence-electron chi connectivity index (χ0n) is 17.0. The largest absolute Gasteiger partial charge is 0.493 e. The van der Waals surface area contributed by atoms with E-state index in [1.54, 1.807) is 7.11 Å². The van der Waals surface area contributed by atoms with Crippen LogP contribution in [0.15, 0.2) is 58.2 Å². The maximum absolute atomic E-state index is 13.2. The molecule has 0 bridgehead atoms. The van der Waals surface area contributed by atoms with Crippen molar-refractivity contribution >= 4 is 44.9 Å². The Morgan fingerprint density at radius 3 is 2.67 bits per heavy atom. The summed E-state index contributed by atoms with van der Waals surface area (Å²) in [6.07, 6.45) is 0.882. The fraction of sp³-hybridized carbons (Fsp3) is 0.273. The van der Waals surface area contributed by atoms with Crippen molar-refractivity contribution in [2.75, 3.05) is 19.0 Å². The molecule has 1 heterocycles. The number of allylic oxidation sites excluding steroid dienone is 1. The summed E-state index contributed by atoms with van der Waals surface area (Å²) in [5.41, 5.74) is 2.78. The lowest BCUT2D eigenvalue weighted by Crippen LogP contribution is -2.45. The molecule has 1 aliphatic rings. The molecule has 2 aromatic carbocycles. The van der Waals surface area contributed by atoms with Crippen LogP contribution >= 0.6 is 28.1 Å². The van der Waals surface area contributed by atoms with E-state index >= 15 is 0 Å². The van der Waals surface area contributed by atoms with Crippen LogP contribution in [0.5, 0.6) is 11.5 Å². The SMILES string of the molecule is CCCOc1c(Br)cc([C@H]2NC(=S)NC(C)=C2C(=O)Nc2ccccc2)cc1OC. The number of amides is 1. The zero-order chi connectivity index (χ0) is 21.7. The van der Waals surface area contributed by atoms with Gasteiger partial charge in [-0.2, -0.15) is 0 Å². The molecule has 0 radical (unpaired) electrons. The Bertz CT molecular complexity index is 979. The highest BCUT2D eigenvalue weighted by molar-refractivity contribution is 9.10. The monoisotopic (exact) mass is 489 g/mol. The molecule has 3 N–H and O–H groups in total. The van der Waals surface area contributed by atoms with Gasteiger partial charge in [-0.3, -0.25) is 4.79 Å². The van der Waals surface area contributed by atoms with E-state index in [0.29, 0.717) is 34.5 Å². The first-order chi connectivity index (χ1) is 14.4. The summed E-state index contributed by atoms with van der Waals surface area (Å²) in [7, 11) is 1.59. The van der Waals surface area contributed by atoms with Crippen LogP contribution in [-0.4, -0.2) is 24.7 Å². The van der Waals surface area contributed by atoms with E-state index in [1.807, 2.05) is 56.3 Å². The molecule has 0 saturated carbocycles. The van der Waals surface area contributed by atoms with Crippen molar-refractivity contribution in [2.45, 2.75) is 26.3 Å². The first kappa shape index (κ1) is 22.1. The van der Waals surface area contributed by atoms with Gasteiger partial charge in [0, 0.05) is 11.4 Å². The van der Waals surface area contributed by atoms with Gasteiger partial charge >= 0.3 is 0 Å². The predicted molar refractivity (Wildman–Crippen MR) is 126 cm³/mol. The summed E-state index contributed by atoms with van der Waals surface area (Å²) in [5, 5.41) is 9.66. The number of carbonyl (C=O) groups excluding carboxylic acids is 1. The maximum atomic E-state index is 13.2. The third-order valence-electron chi connectivity index (χ3n) is 4.58. The number of carbonyl (C=O) groups is 1. The van der Waals surface area contributed by atoms with Gasteiger partial charge in [0.1, 0.15) is 0 Å². The zero-order valence-corrected chi connectivity index (χ0v) is 19.4. The normalized spacial score (nSPS) is 15.9. The highest BCUT2D eigenvalue weighted by atomic mass is 79.9. The fourth-order valence-corrected chi connectivity index (χ4v) is 4.06. The van der Waals surface area contributed by atoms with Gasteiger partial charge < -0.3 is 25.4 Å². The van der Waals surface area contributed by atoms with E-state index < -0.39 is 6.04 Å². The van der Waals surface area contributed by atoms with E-state index in [9.17, 15) is 4.79 Å². The standard InChI is InChI=1S/C22H24BrN3O3S/c1-4-10-29-20-16(23)11-14(12-17(20)28-3)19-18(13(2)24-22(30)26-19)21(27)25-15-8-6-5-7-9-15/h5-9,11-12,19H,4,10H2,1-3H3,(H,25,27)(H2,24,26,30)/t19-/m1/s1. The summed E-state index contributed by atoms with van der Waals surface area (Å²) in [5.74, 6) is 1.00. The van der Waals surface area contributed by atoms with E-state index in [2.05, 4.69) is 31.9 Å². The van der Waals surface area contributed by atoms with Crippen LogP contribution in [0.1, 0.15) is 31.9 Å². The average molecular weight is 490 g/mol. The predicted octanol–water partition coefficient (Wildman–Crippen LogP) is 4.68. The fourth-order valence-electron chi connectivity index (χ4n) is 3.22. The Balaban J connectivity index is 1.99. The van der Waals surface area contributed by atoms with E-state index in [-0.39, 0.29) is 5.91 Å². The Morgan fingerprint density at radius 1 is 1.27 bits per heavy atom. The number of benzene rings is 2. The molecule has 158 valence electrons. The topological polar surface area (TPSA) is 71.6 Å². The molecule has 30 heavy (non-hydrogen) atoms. The third kappa shape index (κ3) is 4.94. The van der Waals surface area contributed by atoms with Crippen molar-refractivity contribution in [2.24, 2.45) is 0 Å². The third-order valence-corrected chi connectivity index (χ3v) is 5.39. The number of hydrogen-bond acceptors (Lipinski definition) is 4. The van der Waals surface area contributed by atoms with Crippen LogP contribution in [0.25, 0.3) is 0 Å². The van der Waals surface area contributed by atoms with Gasteiger partial charge in [-0.05, 0) is 71.3 Å². The minimum atomic E-state index is -0.451. The van der Waals surface area contributed by atoms with E-state index in [1.165, 1.54) is 0 Å². The molecule has 0 saturated heterocycles. The first-order valence-corrected chi connectivity index (χ1v) is 10.8. The second kappa shape index (κ2) is 9.95. The minimum absolute atomic E-state index is 0.215. The number of hydrogen-bond donors (Lipinski definition) is 3. The average Bonchev–Trinajstić information content (AvgIpc) is 2.72. The highest BCUT2D eigenvalue weighted by Gasteiger charge is 2.31. The van der Waals surface area contributed by atoms with E-state index in [4.69, 9.17) is 21.7 Å². The molecule has 6 nitrogen and oxygen atoms in total. The number of para-hydroxylation sites is 1. The lowest BCUT2D eigenvalue weighted by atomic mass is 9.94. The quantitative estimate of drug-likeness (QED) is 0.490. The molecule has 8 heteroatoms. The number of halogens is 1. The van der Waals surface area contributed by atoms with Gasteiger partial charge in [-0.1, -0.05) is 25.1 Å². The number of nitrogens with one attached hydrogen (secondary N) is 3. The number of anilines is 1. The van der Waals surface area contributed by atoms with Gasteiger partial charge in [0.25, 0.3) is 5.91 Å². The smallest absolute Gasteiger partial charge is 0.255 e. The van der Waals surface area contributed by atoms with Crippen molar-refractivity contribution < 1.29 is 14.3 Å². The van der Waals surface area contributed by atoms with Crippen LogP contribution < -0.4 is 25.4 Å². The summed E-state index contributed by atoms with van der Waals surface area (Å²) >= 11 is 8.93. The summed E-state index contributed by atoms with van der Waals surface area (Å²) < 4.78 is 12.1. The van der Waals surface area contributed by atoms with Gasteiger partial charge in [0.2, 0.25) is 0 Å². The lowest BCUT2D eigenvalue weighted by molar-refractivity contribution is -0.113. The van der Waals surface area contributed by atoms with Crippen LogP contribution in [0.2, 0.25) is 0 Å². The lowest BCUT2D eigenvalue weighted by Gasteiger charge is -2.31. The molecule has 0 spiro atoms. The summed E-state index contributed by atoms with van der Waals surface area (Å²) in [6.45, 7) is 4.46. The maximum Gasteiger partial charge on any atom is 0.255 e. The van der Waals surface area contributed by atoms with Crippen molar-refractivity contribution in [3.63, 3.8) is 0 Å². The van der Waals surface area contributed by atoms with Crippen molar-refractivity contribution in [1.29, 1.82) is 0 Å². The van der Waals surface area contributed by atoms with E-state index in [0.717, 1.165) is 22.1 Å². The van der Waals surface area contributed by atoms with Crippen molar-refractivity contribution in [1.82, 2.24) is 10.6 Å². The second-order valence-corrected chi connectivity index (χ2v) is 8.04. The second-order valence-electron chi connectivity index (χ2n) is 6.77. The molecule has 1 atom stereocenters. The van der Waals surface area contributed by atoms with Crippen LogP contribution in [0, 0.1) is 0 Å². The number of thiocarbonyl (C=S) groups is 1. The van der Waals surface area contributed by atoms with Crippen molar-refractivity contribution in [3.8, 4) is 11.5 Å². The first-order valence-electron chi connectivity index (χ1n) is 9.59. The molecule has 0 unspecified atom stereocenters. The van der Waals surface area contributed by atoms with Crippen LogP contribution in [-0.2, 0) is 4.79 Å². The summed E-state index contributed by atoms with van der Waals surface area (Å²) in [4.78, 5) is 13.2. The molecule has 0 fully saturated rings. The van der Waals surface area contributed by atoms with Crippen LogP contribution in [0.4, 0.5) is 5.69 Å². The Morgan fingerprint density at radius 2 is 2.00 bits per heavy atom. The molecular formula is C22H24BrN3O3S. The van der Waals surface area contributed by atoms with Crippen LogP contribution in [0.3, 0.4) is 0 Å². The number of ether oxygens (including phenoxy) is 2. The minimum Gasteiger partial charge on any atom is -0.493 e. The van der Waals surface area contributed by atoms with Gasteiger partial charge in [0.15, 0.2) is 16.6 Å². The van der Waals surface area contributed by atoms with Gasteiger partial charge in [-0.25, -0.2) is 0 Å². The number of rotatable bonds is 7. The summed E-state index contributed by atoms with van der Waals surface area (Å²) in [6, 6.07) is 12.7. The Hall–Kier alpha value is -2.58. The number of methoxy groups -OCH3 is 1. The molecule has 3 rings (SSSR count). The van der Waals surface area contributed by atoms with Gasteiger partial charge in [-0.15, -0.1) is 0 Å².